The van der Waals surface area contributed by atoms with E-state index >= 15 is 0 Å². The molecule has 0 fully saturated rings. The summed E-state index contributed by atoms with van der Waals surface area (Å²) in [7, 11) is 3.57. The van der Waals surface area contributed by atoms with Gasteiger partial charge in [0.15, 0.2) is 0 Å². The van der Waals surface area contributed by atoms with Gasteiger partial charge in [0.2, 0.25) is 0 Å². The lowest BCUT2D eigenvalue weighted by Gasteiger charge is -2.23. The molecule has 2 rings (SSSR count). The first-order valence-corrected chi connectivity index (χ1v) is 7.90. The summed E-state index contributed by atoms with van der Waals surface area (Å²) in [5, 5.41) is 8.45. The van der Waals surface area contributed by atoms with Gasteiger partial charge in [0.05, 0.1) is 29.5 Å². The van der Waals surface area contributed by atoms with Crippen LogP contribution in [0.15, 0.2) is 28.9 Å². The Morgan fingerprint density at radius 3 is 2.67 bits per heavy atom. The number of benzene rings is 1. The van der Waals surface area contributed by atoms with Crippen LogP contribution in [0.5, 0.6) is 5.75 Å². The van der Waals surface area contributed by atoms with Gasteiger partial charge in [-0.15, -0.1) is 0 Å². The second kappa shape index (κ2) is 6.81. The van der Waals surface area contributed by atoms with Crippen LogP contribution in [-0.2, 0) is 0 Å². The highest BCUT2D eigenvalue weighted by Gasteiger charge is 2.24. The predicted molar refractivity (Wildman–Crippen MR) is 89.2 cm³/mol. The molecule has 0 spiro atoms. The van der Waals surface area contributed by atoms with E-state index in [0.29, 0.717) is 5.02 Å². The average Bonchev–Trinajstić information content (AvgIpc) is 2.82. The molecule has 0 radical (unpaired) electrons. The van der Waals surface area contributed by atoms with E-state index in [1.807, 2.05) is 36.1 Å². The Hall–Kier alpha value is -1.04. The fourth-order valence-corrected chi connectivity index (χ4v) is 3.09. The number of nitrogens with zero attached hydrogens (tertiary/aromatic N) is 2. The largest absolute Gasteiger partial charge is 0.496 e. The van der Waals surface area contributed by atoms with Crippen LogP contribution in [0.2, 0.25) is 5.02 Å². The molecule has 0 saturated carbocycles. The van der Waals surface area contributed by atoms with Gasteiger partial charge in [0.25, 0.3) is 0 Å². The molecular formula is C15H19BrClN3O. The number of aromatic nitrogens is 2. The quantitative estimate of drug-likeness (QED) is 0.855. The molecule has 1 N–H and O–H groups in total. The Balaban J connectivity index is 2.60. The molecule has 0 saturated heterocycles. The van der Waals surface area contributed by atoms with Gasteiger partial charge in [-0.1, -0.05) is 11.6 Å². The highest BCUT2D eigenvalue weighted by Crippen LogP contribution is 2.36. The summed E-state index contributed by atoms with van der Waals surface area (Å²) in [5.74, 6) is 0.794. The zero-order valence-corrected chi connectivity index (χ0v) is 14.9. The van der Waals surface area contributed by atoms with Crippen molar-refractivity contribution in [3.05, 3.63) is 45.1 Å². The summed E-state index contributed by atoms with van der Waals surface area (Å²) in [6.07, 6.45) is 1.82. The smallest absolute Gasteiger partial charge is 0.124 e. The molecule has 6 heteroatoms. The maximum Gasteiger partial charge on any atom is 0.124 e. The fraction of sp³-hybridized carbons (Fsp3) is 0.400. The van der Waals surface area contributed by atoms with Gasteiger partial charge in [0.1, 0.15) is 5.75 Å². The third-order valence-corrected chi connectivity index (χ3v) is 4.19. The number of nitrogens with one attached hydrogen (secondary N) is 1. The topological polar surface area (TPSA) is 39.1 Å². The molecule has 1 heterocycles. The van der Waals surface area contributed by atoms with Crippen molar-refractivity contribution in [3.63, 3.8) is 0 Å². The van der Waals surface area contributed by atoms with Crippen molar-refractivity contribution in [2.75, 3.05) is 14.2 Å². The molecular weight excluding hydrogens is 354 g/mol. The number of hydrogen-bond donors (Lipinski definition) is 1. The van der Waals surface area contributed by atoms with Gasteiger partial charge in [0, 0.05) is 16.6 Å². The van der Waals surface area contributed by atoms with E-state index < -0.39 is 0 Å². The number of hydrogen-bond acceptors (Lipinski definition) is 3. The number of ether oxygens (including phenoxy) is 1. The molecule has 114 valence electrons. The van der Waals surface area contributed by atoms with Crippen molar-refractivity contribution in [1.82, 2.24) is 15.1 Å². The van der Waals surface area contributed by atoms with E-state index in [4.69, 9.17) is 16.3 Å². The molecule has 0 aliphatic rings. The minimum absolute atomic E-state index is 0.0714. The Morgan fingerprint density at radius 2 is 2.10 bits per heavy atom. The Bertz CT molecular complexity index is 627. The molecule has 1 unspecified atom stereocenters. The summed E-state index contributed by atoms with van der Waals surface area (Å²) in [6.45, 7) is 4.20. The predicted octanol–water partition coefficient (Wildman–Crippen LogP) is 4.20. The van der Waals surface area contributed by atoms with Crippen LogP contribution < -0.4 is 10.1 Å². The molecule has 21 heavy (non-hydrogen) atoms. The molecule has 2 aromatic rings. The summed E-state index contributed by atoms with van der Waals surface area (Å²) in [5.41, 5.74) is 2.03. The van der Waals surface area contributed by atoms with E-state index in [1.54, 1.807) is 7.11 Å². The van der Waals surface area contributed by atoms with E-state index in [1.165, 1.54) is 0 Å². The second-order valence-corrected chi connectivity index (χ2v) is 6.31. The molecule has 4 nitrogen and oxygen atoms in total. The van der Waals surface area contributed by atoms with Crippen LogP contribution in [0.4, 0.5) is 0 Å². The monoisotopic (exact) mass is 371 g/mol. The lowest BCUT2D eigenvalue weighted by atomic mass is 10.0. The van der Waals surface area contributed by atoms with Crippen LogP contribution in [-0.4, -0.2) is 23.9 Å². The zero-order chi connectivity index (χ0) is 15.6. The summed E-state index contributed by atoms with van der Waals surface area (Å²) >= 11 is 9.75. The molecule has 0 aliphatic carbocycles. The Morgan fingerprint density at radius 1 is 1.38 bits per heavy atom. The van der Waals surface area contributed by atoms with Crippen LogP contribution in [0.1, 0.15) is 37.2 Å². The van der Waals surface area contributed by atoms with Crippen LogP contribution in [0.3, 0.4) is 0 Å². The van der Waals surface area contributed by atoms with E-state index in [0.717, 1.165) is 21.5 Å². The molecule has 0 aliphatic heterocycles. The first kappa shape index (κ1) is 16.3. The number of methoxy groups -OCH3 is 1. The first-order valence-electron chi connectivity index (χ1n) is 6.73. The highest BCUT2D eigenvalue weighted by atomic mass is 79.9. The number of halogens is 2. The van der Waals surface area contributed by atoms with Crippen LogP contribution in [0, 0.1) is 0 Å². The van der Waals surface area contributed by atoms with Gasteiger partial charge >= 0.3 is 0 Å². The zero-order valence-electron chi connectivity index (χ0n) is 12.5. The van der Waals surface area contributed by atoms with Gasteiger partial charge in [-0.25, -0.2) is 0 Å². The standard InChI is InChI=1S/C15H19BrClN3O/c1-9(2)20-15(12(16)8-19-20)14(18-3)11-7-10(17)5-6-13(11)21-4/h5-9,14,18H,1-4H3. The summed E-state index contributed by atoms with van der Waals surface area (Å²) < 4.78 is 8.43. The van der Waals surface area contributed by atoms with Crippen molar-refractivity contribution in [2.24, 2.45) is 0 Å². The third kappa shape index (κ3) is 3.25. The maximum atomic E-state index is 6.16. The average molecular weight is 373 g/mol. The number of rotatable bonds is 5. The first-order chi connectivity index (χ1) is 9.99. The molecule has 1 atom stereocenters. The Kier molecular flexibility index (Phi) is 5.30. The van der Waals surface area contributed by atoms with E-state index in [9.17, 15) is 0 Å². The van der Waals surface area contributed by atoms with Gasteiger partial charge in [-0.2, -0.15) is 5.10 Å². The molecule has 1 aromatic carbocycles. The van der Waals surface area contributed by atoms with Gasteiger partial charge < -0.3 is 10.1 Å². The van der Waals surface area contributed by atoms with Crippen molar-refractivity contribution < 1.29 is 4.74 Å². The van der Waals surface area contributed by atoms with E-state index in [2.05, 4.69) is 40.2 Å². The highest BCUT2D eigenvalue weighted by molar-refractivity contribution is 9.10. The van der Waals surface area contributed by atoms with Crippen molar-refractivity contribution in [2.45, 2.75) is 25.9 Å². The lowest BCUT2D eigenvalue weighted by Crippen LogP contribution is -2.23. The van der Waals surface area contributed by atoms with Crippen molar-refractivity contribution in [1.29, 1.82) is 0 Å². The summed E-state index contributed by atoms with van der Waals surface area (Å²) in [6, 6.07) is 5.81. The van der Waals surface area contributed by atoms with Crippen LogP contribution in [0.25, 0.3) is 0 Å². The minimum Gasteiger partial charge on any atom is -0.496 e. The van der Waals surface area contributed by atoms with Gasteiger partial charge in [-0.05, 0) is 55.0 Å². The normalized spacial score (nSPS) is 12.7. The molecule has 1 aromatic heterocycles. The van der Waals surface area contributed by atoms with E-state index in [-0.39, 0.29) is 12.1 Å². The fourth-order valence-electron chi connectivity index (χ4n) is 2.40. The SMILES string of the molecule is CNC(c1cc(Cl)ccc1OC)c1c(Br)cnn1C(C)C. The summed E-state index contributed by atoms with van der Waals surface area (Å²) in [4.78, 5) is 0. The van der Waals surface area contributed by atoms with Crippen molar-refractivity contribution >= 4 is 27.5 Å². The molecule has 0 bridgehead atoms. The maximum absolute atomic E-state index is 6.16. The third-order valence-electron chi connectivity index (χ3n) is 3.34. The lowest BCUT2D eigenvalue weighted by molar-refractivity contribution is 0.401. The van der Waals surface area contributed by atoms with Crippen molar-refractivity contribution in [3.8, 4) is 5.75 Å². The second-order valence-electron chi connectivity index (χ2n) is 5.02. The minimum atomic E-state index is -0.0714. The Labute approximate surface area is 138 Å². The van der Waals surface area contributed by atoms with Crippen LogP contribution >= 0.6 is 27.5 Å². The van der Waals surface area contributed by atoms with Gasteiger partial charge in [-0.3, -0.25) is 4.68 Å². The molecule has 0 amide bonds.